The number of hydrogen-bond donors (Lipinski definition) is 1. The van der Waals surface area contributed by atoms with Crippen LogP contribution in [-0.2, 0) is 4.74 Å². The first-order valence-corrected chi connectivity index (χ1v) is 6.95. The Labute approximate surface area is 138 Å². The van der Waals surface area contributed by atoms with Crippen molar-refractivity contribution in [3.63, 3.8) is 0 Å². The molecule has 22 heavy (non-hydrogen) atoms. The normalized spacial score (nSPS) is 9.95. The first-order valence-electron chi connectivity index (χ1n) is 5.87. The smallest absolute Gasteiger partial charge is 0.341 e. The molecule has 1 N–H and O–H groups in total. The molecule has 0 unspecified atom stereocenters. The second kappa shape index (κ2) is 6.65. The number of halogens is 3. The summed E-state index contributed by atoms with van der Waals surface area (Å²) in [4.78, 5) is 15.4. The van der Waals surface area contributed by atoms with Gasteiger partial charge in [0, 0.05) is 3.57 Å². The predicted molar refractivity (Wildman–Crippen MR) is 82.6 cm³/mol. The van der Waals surface area contributed by atoms with Crippen molar-refractivity contribution in [1.82, 2.24) is 4.98 Å². The number of hydrogen-bond acceptors (Lipinski definition) is 5. The monoisotopic (exact) mass is 415 g/mol. The Bertz CT molecular complexity index is 790. The molecule has 1 aromatic carbocycles. The maximum atomic E-state index is 13.9. The Morgan fingerprint density at radius 3 is 2.68 bits per heavy atom. The van der Waals surface area contributed by atoms with Crippen LogP contribution in [0.5, 0.6) is 0 Å². The molecule has 0 amide bonds. The van der Waals surface area contributed by atoms with Crippen molar-refractivity contribution in [3.05, 3.63) is 50.7 Å². The topological polar surface area (TPSA) is 75.0 Å². The Hall–Kier alpha value is -2.28. The number of pyridine rings is 1. The lowest BCUT2D eigenvalue weighted by Gasteiger charge is -2.11. The van der Waals surface area contributed by atoms with Crippen LogP contribution in [-0.4, -0.2) is 18.1 Å². The number of benzene rings is 1. The summed E-state index contributed by atoms with van der Waals surface area (Å²) in [5.74, 6) is -2.56. The molecule has 8 heteroatoms. The van der Waals surface area contributed by atoms with E-state index >= 15 is 0 Å². The van der Waals surface area contributed by atoms with Crippen molar-refractivity contribution in [2.75, 3.05) is 12.4 Å². The van der Waals surface area contributed by atoms with Crippen molar-refractivity contribution < 1.29 is 18.3 Å². The number of methoxy groups -OCH3 is 1. The summed E-state index contributed by atoms with van der Waals surface area (Å²) in [7, 11) is 1.12. The Morgan fingerprint density at radius 1 is 1.36 bits per heavy atom. The van der Waals surface area contributed by atoms with Crippen molar-refractivity contribution in [2.24, 2.45) is 0 Å². The van der Waals surface area contributed by atoms with Gasteiger partial charge in [0.1, 0.15) is 23.3 Å². The van der Waals surface area contributed by atoms with Crippen LogP contribution in [0.15, 0.2) is 24.3 Å². The van der Waals surface area contributed by atoms with Crippen LogP contribution in [0, 0.1) is 26.5 Å². The number of esters is 1. The number of rotatable bonds is 3. The minimum atomic E-state index is -0.962. The Kier molecular flexibility index (Phi) is 4.87. The quantitative estimate of drug-likeness (QED) is 0.615. The van der Waals surface area contributed by atoms with Gasteiger partial charge in [-0.3, -0.25) is 0 Å². The molecule has 2 aromatic rings. The largest absolute Gasteiger partial charge is 0.465 e. The third-order valence-electron chi connectivity index (χ3n) is 2.67. The van der Waals surface area contributed by atoms with Crippen LogP contribution < -0.4 is 5.32 Å². The first kappa shape index (κ1) is 16.1. The number of carbonyl (C=O) groups excluding carboxylic acids is 1. The van der Waals surface area contributed by atoms with Crippen molar-refractivity contribution in [2.45, 2.75) is 0 Å². The molecule has 0 fully saturated rings. The van der Waals surface area contributed by atoms with E-state index in [1.165, 1.54) is 12.1 Å². The maximum absolute atomic E-state index is 13.9. The second-order valence-corrected chi connectivity index (χ2v) is 5.31. The maximum Gasteiger partial charge on any atom is 0.341 e. The zero-order valence-electron chi connectivity index (χ0n) is 11.2. The SMILES string of the molecule is COC(=O)c1cc(F)c(C#N)nc1Nc1ccc(I)cc1F. The molecule has 2 rings (SSSR count). The summed E-state index contributed by atoms with van der Waals surface area (Å²) in [6.45, 7) is 0. The van der Waals surface area contributed by atoms with Crippen molar-refractivity contribution >= 4 is 40.1 Å². The second-order valence-electron chi connectivity index (χ2n) is 4.07. The van der Waals surface area contributed by atoms with E-state index in [1.807, 2.05) is 22.6 Å². The zero-order chi connectivity index (χ0) is 16.3. The number of aromatic nitrogens is 1. The van der Waals surface area contributed by atoms with E-state index in [-0.39, 0.29) is 17.1 Å². The van der Waals surface area contributed by atoms with Gasteiger partial charge in [0.25, 0.3) is 0 Å². The van der Waals surface area contributed by atoms with E-state index in [1.54, 1.807) is 12.1 Å². The van der Waals surface area contributed by atoms with Crippen LogP contribution in [0.2, 0.25) is 0 Å². The van der Waals surface area contributed by atoms with Crippen LogP contribution >= 0.6 is 22.6 Å². The van der Waals surface area contributed by atoms with Crippen LogP contribution in [0.25, 0.3) is 0 Å². The van der Waals surface area contributed by atoms with Crippen molar-refractivity contribution in [1.29, 1.82) is 5.26 Å². The predicted octanol–water partition coefficient (Wildman–Crippen LogP) is 3.37. The van der Waals surface area contributed by atoms with E-state index in [0.29, 0.717) is 3.57 Å². The third-order valence-corrected chi connectivity index (χ3v) is 3.34. The molecule has 0 bridgehead atoms. The summed E-state index contributed by atoms with van der Waals surface area (Å²) < 4.78 is 32.7. The number of nitrogens with zero attached hydrogens (tertiary/aromatic N) is 2. The summed E-state index contributed by atoms with van der Waals surface area (Å²) in [6.07, 6.45) is 0. The highest BCUT2D eigenvalue weighted by atomic mass is 127. The lowest BCUT2D eigenvalue weighted by atomic mass is 10.2. The average Bonchev–Trinajstić information content (AvgIpc) is 2.50. The number of carbonyl (C=O) groups is 1. The van der Waals surface area contributed by atoms with E-state index in [4.69, 9.17) is 5.26 Å². The zero-order valence-corrected chi connectivity index (χ0v) is 13.3. The fraction of sp³-hybridized carbons (Fsp3) is 0.0714. The van der Waals surface area contributed by atoms with Gasteiger partial charge in [-0.05, 0) is 46.9 Å². The first-order chi connectivity index (χ1) is 10.5. The average molecular weight is 415 g/mol. The summed E-state index contributed by atoms with van der Waals surface area (Å²) in [5, 5.41) is 11.4. The molecule has 0 radical (unpaired) electrons. The molecule has 0 saturated heterocycles. The fourth-order valence-electron chi connectivity index (χ4n) is 1.65. The molecule has 1 aromatic heterocycles. The van der Waals surface area contributed by atoms with Gasteiger partial charge in [-0.25, -0.2) is 18.6 Å². The molecule has 0 spiro atoms. The van der Waals surface area contributed by atoms with Crippen LogP contribution in [0.3, 0.4) is 0 Å². The molecular weight excluding hydrogens is 407 g/mol. The molecule has 0 saturated carbocycles. The fourth-order valence-corrected chi connectivity index (χ4v) is 2.10. The van der Waals surface area contributed by atoms with E-state index in [9.17, 15) is 13.6 Å². The highest BCUT2D eigenvalue weighted by Crippen LogP contribution is 2.25. The molecule has 5 nitrogen and oxygen atoms in total. The molecular formula is C14H8F2IN3O2. The third kappa shape index (κ3) is 3.30. The lowest BCUT2D eigenvalue weighted by Crippen LogP contribution is -2.10. The van der Waals surface area contributed by atoms with E-state index < -0.39 is 23.3 Å². The van der Waals surface area contributed by atoms with Gasteiger partial charge < -0.3 is 10.1 Å². The summed E-state index contributed by atoms with van der Waals surface area (Å²) in [5.41, 5.74) is -0.716. The Morgan fingerprint density at radius 2 is 2.09 bits per heavy atom. The van der Waals surface area contributed by atoms with E-state index in [0.717, 1.165) is 13.2 Å². The number of anilines is 2. The molecule has 0 aliphatic rings. The standard InChI is InChI=1S/C14H8F2IN3O2/c1-22-14(21)8-5-10(16)12(6-18)20-13(8)19-11-3-2-7(17)4-9(11)15/h2-5H,1H3,(H,19,20). The van der Waals surface area contributed by atoms with Gasteiger partial charge in [0.15, 0.2) is 11.5 Å². The number of nitriles is 1. The molecule has 0 atom stereocenters. The molecule has 1 heterocycles. The number of ether oxygens (including phenoxy) is 1. The lowest BCUT2D eigenvalue weighted by molar-refractivity contribution is 0.0601. The molecule has 112 valence electrons. The molecule has 0 aliphatic heterocycles. The minimum absolute atomic E-state index is 0.0357. The highest BCUT2D eigenvalue weighted by molar-refractivity contribution is 14.1. The number of nitrogens with one attached hydrogen (secondary N) is 1. The highest BCUT2D eigenvalue weighted by Gasteiger charge is 2.19. The van der Waals surface area contributed by atoms with Crippen LogP contribution in [0.1, 0.15) is 16.1 Å². The van der Waals surface area contributed by atoms with Gasteiger partial charge in [0.2, 0.25) is 0 Å². The van der Waals surface area contributed by atoms with Crippen molar-refractivity contribution in [3.8, 4) is 6.07 Å². The summed E-state index contributed by atoms with van der Waals surface area (Å²) in [6, 6.07) is 6.73. The van der Waals surface area contributed by atoms with Gasteiger partial charge in [-0.1, -0.05) is 0 Å². The van der Waals surface area contributed by atoms with Gasteiger partial charge in [0.05, 0.1) is 12.8 Å². The van der Waals surface area contributed by atoms with Crippen LogP contribution in [0.4, 0.5) is 20.3 Å². The summed E-state index contributed by atoms with van der Waals surface area (Å²) >= 11 is 1.94. The minimum Gasteiger partial charge on any atom is -0.465 e. The molecule has 0 aliphatic carbocycles. The van der Waals surface area contributed by atoms with Gasteiger partial charge in [-0.15, -0.1) is 0 Å². The van der Waals surface area contributed by atoms with Gasteiger partial charge in [-0.2, -0.15) is 5.26 Å². The van der Waals surface area contributed by atoms with E-state index in [2.05, 4.69) is 15.0 Å². The Balaban J connectivity index is 2.53. The van der Waals surface area contributed by atoms with Gasteiger partial charge >= 0.3 is 5.97 Å².